The summed E-state index contributed by atoms with van der Waals surface area (Å²) in [7, 11) is 0. The predicted octanol–water partition coefficient (Wildman–Crippen LogP) is 9.11. The number of aryl methyl sites for hydroxylation is 1. The molecular formula is C36H38FN3OS. The molecule has 3 aromatic carbocycles. The van der Waals surface area contributed by atoms with Gasteiger partial charge in [-0.3, -0.25) is 0 Å². The maximum Gasteiger partial charge on any atom is 0.231 e. The summed E-state index contributed by atoms with van der Waals surface area (Å²) in [5.41, 5.74) is 6.63. The van der Waals surface area contributed by atoms with Crippen LogP contribution in [0.3, 0.4) is 0 Å². The summed E-state index contributed by atoms with van der Waals surface area (Å²) in [6, 6.07) is 25.9. The molecular weight excluding hydrogens is 541 g/mol. The molecule has 6 heteroatoms. The highest BCUT2D eigenvalue weighted by Crippen LogP contribution is 2.34. The number of thiophene rings is 1. The molecule has 0 atom stereocenters. The molecule has 0 saturated carbocycles. The van der Waals surface area contributed by atoms with Gasteiger partial charge in [-0.1, -0.05) is 67.2 Å². The Labute approximate surface area is 253 Å². The number of piperidine rings is 1. The van der Waals surface area contributed by atoms with Crippen molar-refractivity contribution >= 4 is 22.9 Å². The molecule has 0 amide bonds. The highest BCUT2D eigenvalue weighted by atomic mass is 32.1. The molecule has 1 saturated heterocycles. The van der Waals surface area contributed by atoms with Crippen molar-refractivity contribution in [1.82, 2.24) is 4.90 Å². The lowest BCUT2D eigenvalue weighted by Crippen LogP contribution is -2.42. The standard InChI is InChI=1S/C36H38FN3OS/c1-5-34(40(24-28-14-8-7-9-15-28)33-18-11-10-13-26(33)3)39-21-19-31(20-22-39)41-36(38-6-2)35-27(4)32(25-42-35)29-16-12-17-30(37)23-29/h5-18,23,25,31H,2,19-22,24H2,1,3-4H3. The third-order valence-electron chi connectivity index (χ3n) is 7.75. The van der Waals surface area contributed by atoms with Crippen molar-refractivity contribution in [1.29, 1.82) is 0 Å². The lowest BCUT2D eigenvalue weighted by Gasteiger charge is -2.40. The molecule has 0 radical (unpaired) electrons. The van der Waals surface area contributed by atoms with E-state index in [1.165, 1.54) is 34.9 Å². The Balaban J connectivity index is 1.31. The number of halogens is 1. The third-order valence-corrected chi connectivity index (χ3v) is 8.82. The van der Waals surface area contributed by atoms with Crippen LogP contribution in [0, 0.1) is 19.7 Å². The molecule has 5 rings (SSSR count). The van der Waals surface area contributed by atoms with E-state index in [0.717, 1.165) is 54.0 Å². The monoisotopic (exact) mass is 579 g/mol. The number of para-hydroxylation sites is 1. The van der Waals surface area contributed by atoms with Gasteiger partial charge in [0.1, 0.15) is 17.7 Å². The summed E-state index contributed by atoms with van der Waals surface area (Å²) in [5.74, 6) is 1.55. The molecule has 216 valence electrons. The zero-order valence-electron chi connectivity index (χ0n) is 24.6. The maximum atomic E-state index is 13.9. The summed E-state index contributed by atoms with van der Waals surface area (Å²) in [4.78, 5) is 10.4. The van der Waals surface area contributed by atoms with Gasteiger partial charge in [0.15, 0.2) is 0 Å². The molecule has 4 nitrogen and oxygen atoms in total. The highest BCUT2D eigenvalue weighted by Gasteiger charge is 2.27. The Bertz CT molecular complexity index is 1570. The fourth-order valence-corrected chi connectivity index (χ4v) is 6.62. The van der Waals surface area contributed by atoms with Gasteiger partial charge in [-0.05, 0) is 78.2 Å². The first-order valence-corrected chi connectivity index (χ1v) is 15.3. The smallest absolute Gasteiger partial charge is 0.231 e. The lowest BCUT2D eigenvalue weighted by molar-refractivity contribution is 0.107. The molecule has 1 aromatic heterocycles. The second-order valence-corrected chi connectivity index (χ2v) is 11.4. The number of allylic oxidation sites excluding steroid dienone is 1. The fraction of sp³-hybridized carbons (Fsp3) is 0.250. The first-order chi connectivity index (χ1) is 20.5. The molecule has 2 heterocycles. The molecule has 0 aliphatic carbocycles. The Kier molecular flexibility index (Phi) is 9.55. The molecule has 0 unspecified atom stereocenters. The number of benzene rings is 3. The SMILES string of the molecule is C=CN=C(OC1CCN(C(=CC)N(Cc2ccccc2)c2ccccc2C)CC1)c1scc(-c2cccc(F)c2)c1C. The molecule has 1 fully saturated rings. The van der Waals surface area contributed by atoms with Crippen LogP contribution >= 0.6 is 11.3 Å². The number of hydrogen-bond acceptors (Lipinski definition) is 5. The molecule has 0 spiro atoms. The number of likely N-dealkylation sites (tertiary alicyclic amines) is 1. The molecule has 1 aliphatic heterocycles. The zero-order chi connectivity index (χ0) is 29.5. The van der Waals surface area contributed by atoms with Crippen molar-refractivity contribution in [2.24, 2.45) is 4.99 Å². The van der Waals surface area contributed by atoms with Crippen LogP contribution in [0.5, 0.6) is 0 Å². The van der Waals surface area contributed by atoms with Gasteiger partial charge < -0.3 is 14.5 Å². The van der Waals surface area contributed by atoms with E-state index in [1.807, 2.05) is 13.0 Å². The van der Waals surface area contributed by atoms with Gasteiger partial charge in [0.05, 0.1) is 4.88 Å². The van der Waals surface area contributed by atoms with Gasteiger partial charge in [-0.2, -0.15) is 0 Å². The lowest BCUT2D eigenvalue weighted by atomic mass is 10.0. The summed E-state index contributed by atoms with van der Waals surface area (Å²) in [6.07, 6.45) is 5.55. The molecule has 4 aromatic rings. The summed E-state index contributed by atoms with van der Waals surface area (Å²) >= 11 is 1.57. The van der Waals surface area contributed by atoms with E-state index in [9.17, 15) is 4.39 Å². The van der Waals surface area contributed by atoms with Crippen LogP contribution in [0.1, 0.15) is 41.3 Å². The number of aliphatic imine (C=N–C) groups is 1. The minimum Gasteiger partial charge on any atom is -0.473 e. The van der Waals surface area contributed by atoms with Crippen LogP contribution in [0.4, 0.5) is 10.1 Å². The Morgan fingerprint density at radius 3 is 2.48 bits per heavy atom. The minimum absolute atomic E-state index is 0.0400. The van der Waals surface area contributed by atoms with Crippen LogP contribution in [0.25, 0.3) is 11.1 Å². The summed E-state index contributed by atoms with van der Waals surface area (Å²) in [5, 5.41) is 2.05. The molecule has 1 aliphatic rings. The van der Waals surface area contributed by atoms with Gasteiger partial charge in [0.25, 0.3) is 0 Å². The summed E-state index contributed by atoms with van der Waals surface area (Å²) in [6.45, 7) is 12.7. The van der Waals surface area contributed by atoms with Crippen LogP contribution in [0.2, 0.25) is 0 Å². The van der Waals surface area contributed by atoms with Crippen LogP contribution in [-0.2, 0) is 11.3 Å². The van der Waals surface area contributed by atoms with Gasteiger partial charge in [-0.25, -0.2) is 9.38 Å². The van der Waals surface area contributed by atoms with Gasteiger partial charge in [0, 0.05) is 44.4 Å². The van der Waals surface area contributed by atoms with Crippen LogP contribution in [-0.4, -0.2) is 30.0 Å². The maximum absolute atomic E-state index is 13.9. The molecule has 42 heavy (non-hydrogen) atoms. The number of rotatable bonds is 9. The van der Waals surface area contributed by atoms with Crippen molar-refractivity contribution in [3.8, 4) is 11.1 Å². The van der Waals surface area contributed by atoms with E-state index in [-0.39, 0.29) is 11.9 Å². The van der Waals surface area contributed by atoms with E-state index in [1.54, 1.807) is 23.5 Å². The van der Waals surface area contributed by atoms with Gasteiger partial charge in [-0.15, -0.1) is 11.3 Å². The fourth-order valence-electron chi connectivity index (χ4n) is 5.59. The van der Waals surface area contributed by atoms with Crippen molar-refractivity contribution in [2.45, 2.75) is 46.3 Å². The van der Waals surface area contributed by atoms with E-state index in [4.69, 9.17) is 4.74 Å². The van der Waals surface area contributed by atoms with E-state index >= 15 is 0 Å². The van der Waals surface area contributed by atoms with Gasteiger partial charge in [0.2, 0.25) is 5.90 Å². The number of anilines is 1. The van der Waals surface area contributed by atoms with E-state index in [0.29, 0.717) is 5.90 Å². The normalized spacial score (nSPS) is 14.6. The third kappa shape index (κ3) is 6.66. The van der Waals surface area contributed by atoms with Crippen molar-refractivity contribution in [2.75, 3.05) is 18.0 Å². The second kappa shape index (κ2) is 13.7. The predicted molar refractivity (Wildman–Crippen MR) is 174 cm³/mol. The highest BCUT2D eigenvalue weighted by molar-refractivity contribution is 7.12. The summed E-state index contributed by atoms with van der Waals surface area (Å²) < 4.78 is 20.4. The second-order valence-electron chi connectivity index (χ2n) is 10.5. The first kappa shape index (κ1) is 29.3. The van der Waals surface area contributed by atoms with Crippen molar-refractivity contribution < 1.29 is 9.13 Å². The number of ether oxygens (including phenoxy) is 1. The van der Waals surface area contributed by atoms with Crippen LogP contribution in [0.15, 0.2) is 114 Å². The van der Waals surface area contributed by atoms with Crippen LogP contribution < -0.4 is 4.90 Å². The number of hydrogen-bond donors (Lipinski definition) is 0. The minimum atomic E-state index is -0.243. The first-order valence-electron chi connectivity index (χ1n) is 14.5. The van der Waals surface area contributed by atoms with E-state index in [2.05, 4.69) is 101 Å². The molecule has 0 N–H and O–H groups in total. The zero-order valence-corrected chi connectivity index (χ0v) is 25.4. The van der Waals surface area contributed by atoms with Crippen molar-refractivity contribution in [3.63, 3.8) is 0 Å². The number of nitrogens with zero attached hydrogens (tertiary/aromatic N) is 3. The van der Waals surface area contributed by atoms with Crippen molar-refractivity contribution in [3.05, 3.63) is 136 Å². The Morgan fingerprint density at radius 2 is 1.79 bits per heavy atom. The Hall–Kier alpha value is -4.16. The largest absolute Gasteiger partial charge is 0.473 e. The quantitative estimate of drug-likeness (QED) is 0.146. The average molecular weight is 580 g/mol. The Morgan fingerprint density at radius 1 is 1.05 bits per heavy atom. The average Bonchev–Trinajstić information content (AvgIpc) is 3.39. The van der Waals surface area contributed by atoms with E-state index < -0.39 is 0 Å². The topological polar surface area (TPSA) is 28.1 Å². The molecule has 0 bridgehead atoms. The van der Waals surface area contributed by atoms with Gasteiger partial charge >= 0.3 is 0 Å².